The predicted molar refractivity (Wildman–Crippen MR) is 77.6 cm³/mol. The summed E-state index contributed by atoms with van der Waals surface area (Å²) in [6.07, 6.45) is 1.62. The Bertz CT molecular complexity index is 792. The largest absolute Gasteiger partial charge is 0.454 e. The van der Waals surface area contributed by atoms with Gasteiger partial charge in [-0.05, 0) is 36.4 Å². The van der Waals surface area contributed by atoms with Crippen LogP contribution in [-0.2, 0) is 0 Å². The maximum absolute atomic E-state index is 13.0. The van der Waals surface area contributed by atoms with Crippen molar-refractivity contribution >= 4 is 28.2 Å². The minimum absolute atomic E-state index is 0.240. The third kappa shape index (κ3) is 2.38. The number of nitrogens with zero attached hydrogens (tertiary/aromatic N) is 1. The van der Waals surface area contributed by atoms with Crippen LogP contribution >= 0.6 is 11.6 Å². The van der Waals surface area contributed by atoms with Crippen molar-refractivity contribution in [2.75, 3.05) is 5.73 Å². The van der Waals surface area contributed by atoms with Crippen LogP contribution in [0.4, 0.5) is 10.1 Å². The fraction of sp³-hybridized carbons (Fsp3) is 0. The smallest absolute Gasteiger partial charge is 0.150 e. The van der Waals surface area contributed by atoms with Gasteiger partial charge >= 0.3 is 0 Å². The lowest BCUT2D eigenvalue weighted by atomic mass is 10.2. The number of rotatable bonds is 2. The molecule has 3 nitrogen and oxygen atoms in total. The molecule has 3 aromatic rings. The van der Waals surface area contributed by atoms with E-state index < -0.39 is 5.82 Å². The molecule has 0 spiro atoms. The van der Waals surface area contributed by atoms with Gasteiger partial charge in [-0.15, -0.1) is 0 Å². The fourth-order valence-corrected chi connectivity index (χ4v) is 2.08. The lowest BCUT2D eigenvalue weighted by molar-refractivity contribution is 0.488. The maximum atomic E-state index is 13.0. The van der Waals surface area contributed by atoms with Crippen molar-refractivity contribution in [2.24, 2.45) is 0 Å². The fourth-order valence-electron chi connectivity index (χ4n) is 1.91. The van der Waals surface area contributed by atoms with Crippen LogP contribution in [0.3, 0.4) is 0 Å². The summed E-state index contributed by atoms with van der Waals surface area (Å²) < 4.78 is 18.8. The minimum atomic E-state index is -0.402. The Balaban J connectivity index is 2.06. The van der Waals surface area contributed by atoms with Gasteiger partial charge in [-0.2, -0.15) is 0 Å². The van der Waals surface area contributed by atoms with Gasteiger partial charge in [-0.3, -0.25) is 4.98 Å². The normalized spacial score (nSPS) is 10.7. The van der Waals surface area contributed by atoms with Gasteiger partial charge < -0.3 is 10.5 Å². The first-order valence-corrected chi connectivity index (χ1v) is 6.28. The van der Waals surface area contributed by atoms with E-state index in [1.807, 2.05) is 6.07 Å². The van der Waals surface area contributed by atoms with Gasteiger partial charge in [0.05, 0.1) is 11.2 Å². The third-order valence-electron chi connectivity index (χ3n) is 2.86. The van der Waals surface area contributed by atoms with Gasteiger partial charge in [-0.25, -0.2) is 4.39 Å². The maximum Gasteiger partial charge on any atom is 0.150 e. The zero-order chi connectivity index (χ0) is 14.1. The second-order valence-corrected chi connectivity index (χ2v) is 4.69. The second kappa shape index (κ2) is 4.98. The van der Waals surface area contributed by atoms with Crippen molar-refractivity contribution in [3.05, 3.63) is 59.5 Å². The number of hydrogen-bond acceptors (Lipinski definition) is 3. The molecular weight excluding hydrogens is 279 g/mol. The van der Waals surface area contributed by atoms with Crippen molar-refractivity contribution in [2.45, 2.75) is 0 Å². The number of aromatic nitrogens is 1. The van der Waals surface area contributed by atoms with Crippen LogP contribution < -0.4 is 10.5 Å². The van der Waals surface area contributed by atoms with Gasteiger partial charge in [0.2, 0.25) is 0 Å². The molecule has 0 radical (unpaired) electrons. The zero-order valence-corrected chi connectivity index (χ0v) is 11.1. The van der Waals surface area contributed by atoms with Crippen molar-refractivity contribution in [3.63, 3.8) is 0 Å². The van der Waals surface area contributed by atoms with Crippen LogP contribution in [-0.4, -0.2) is 4.98 Å². The molecule has 0 aliphatic heterocycles. The highest BCUT2D eigenvalue weighted by Crippen LogP contribution is 2.33. The number of hydrogen-bond donors (Lipinski definition) is 1. The molecule has 3 rings (SSSR count). The molecule has 0 bridgehead atoms. The molecule has 5 heteroatoms. The number of anilines is 1. The molecule has 0 atom stereocenters. The molecule has 0 saturated heterocycles. The Kier molecular flexibility index (Phi) is 3.16. The van der Waals surface area contributed by atoms with E-state index in [0.29, 0.717) is 16.5 Å². The molecule has 1 heterocycles. The average Bonchev–Trinajstić information content (AvgIpc) is 2.41. The van der Waals surface area contributed by atoms with Gasteiger partial charge in [-0.1, -0.05) is 11.6 Å². The van der Waals surface area contributed by atoms with E-state index in [0.717, 1.165) is 10.9 Å². The SMILES string of the molecule is Nc1cc(F)ccc1Oc1ccnc2cc(Cl)ccc12. The van der Waals surface area contributed by atoms with E-state index in [1.54, 1.807) is 24.4 Å². The number of halogens is 2. The van der Waals surface area contributed by atoms with Crippen molar-refractivity contribution < 1.29 is 9.13 Å². The molecule has 0 unspecified atom stereocenters. The Morgan fingerprint density at radius 1 is 1.05 bits per heavy atom. The number of nitrogens with two attached hydrogens (primary N) is 1. The van der Waals surface area contributed by atoms with E-state index in [-0.39, 0.29) is 5.69 Å². The molecule has 2 aromatic carbocycles. The average molecular weight is 289 g/mol. The minimum Gasteiger partial charge on any atom is -0.454 e. The Morgan fingerprint density at radius 3 is 2.70 bits per heavy atom. The lowest BCUT2D eigenvalue weighted by Crippen LogP contribution is -1.94. The first kappa shape index (κ1) is 12.7. The second-order valence-electron chi connectivity index (χ2n) is 4.25. The first-order chi connectivity index (χ1) is 9.63. The Labute approximate surface area is 119 Å². The molecule has 1 aromatic heterocycles. The molecule has 2 N–H and O–H groups in total. The number of pyridine rings is 1. The van der Waals surface area contributed by atoms with E-state index in [2.05, 4.69) is 4.98 Å². The third-order valence-corrected chi connectivity index (χ3v) is 3.09. The molecule has 0 aliphatic rings. The molecule has 0 fully saturated rings. The molecule has 100 valence electrons. The van der Waals surface area contributed by atoms with Crippen LogP contribution in [0.2, 0.25) is 5.02 Å². The van der Waals surface area contributed by atoms with Crippen LogP contribution in [0, 0.1) is 5.82 Å². The highest BCUT2D eigenvalue weighted by Gasteiger charge is 2.08. The van der Waals surface area contributed by atoms with Crippen molar-refractivity contribution in [3.8, 4) is 11.5 Å². The molecule has 20 heavy (non-hydrogen) atoms. The molecular formula is C15H10ClFN2O. The summed E-state index contributed by atoms with van der Waals surface area (Å²) in [5.41, 5.74) is 6.69. The van der Waals surface area contributed by atoms with Gasteiger partial charge in [0.15, 0.2) is 5.75 Å². The molecule has 0 aliphatic carbocycles. The Hall–Kier alpha value is -2.33. The van der Waals surface area contributed by atoms with Crippen LogP contribution in [0.5, 0.6) is 11.5 Å². The van der Waals surface area contributed by atoms with Crippen molar-refractivity contribution in [1.29, 1.82) is 0 Å². The summed E-state index contributed by atoms with van der Waals surface area (Å²) in [7, 11) is 0. The number of fused-ring (bicyclic) bond motifs is 1. The highest BCUT2D eigenvalue weighted by atomic mass is 35.5. The molecule has 0 saturated carbocycles. The van der Waals surface area contributed by atoms with Gasteiger partial charge in [0, 0.05) is 22.7 Å². The number of ether oxygens (including phenoxy) is 1. The lowest BCUT2D eigenvalue weighted by Gasteiger charge is -2.10. The van der Waals surface area contributed by atoms with Crippen LogP contribution in [0.25, 0.3) is 10.9 Å². The van der Waals surface area contributed by atoms with E-state index >= 15 is 0 Å². The number of nitrogen functional groups attached to an aromatic ring is 1. The van der Waals surface area contributed by atoms with Crippen molar-refractivity contribution in [1.82, 2.24) is 4.98 Å². The van der Waals surface area contributed by atoms with Gasteiger partial charge in [0.25, 0.3) is 0 Å². The standard InChI is InChI=1S/C15H10ClFN2O/c16-9-1-3-11-13(7-9)19-6-5-14(11)20-15-4-2-10(17)8-12(15)18/h1-8H,18H2. The predicted octanol–water partition coefficient (Wildman–Crippen LogP) is 4.40. The van der Waals surface area contributed by atoms with E-state index in [9.17, 15) is 4.39 Å². The Morgan fingerprint density at radius 2 is 1.90 bits per heavy atom. The topological polar surface area (TPSA) is 48.1 Å². The van der Waals surface area contributed by atoms with E-state index in [1.165, 1.54) is 18.2 Å². The highest BCUT2D eigenvalue weighted by molar-refractivity contribution is 6.31. The summed E-state index contributed by atoms with van der Waals surface area (Å²) in [5.74, 6) is 0.583. The van der Waals surface area contributed by atoms with Crippen LogP contribution in [0.1, 0.15) is 0 Å². The van der Waals surface area contributed by atoms with E-state index in [4.69, 9.17) is 22.1 Å². The summed E-state index contributed by atoms with van der Waals surface area (Å²) in [6.45, 7) is 0. The number of benzene rings is 2. The summed E-state index contributed by atoms with van der Waals surface area (Å²) >= 11 is 5.93. The van der Waals surface area contributed by atoms with Crippen LogP contribution in [0.15, 0.2) is 48.7 Å². The first-order valence-electron chi connectivity index (χ1n) is 5.90. The summed E-state index contributed by atoms with van der Waals surface area (Å²) in [4.78, 5) is 4.23. The summed E-state index contributed by atoms with van der Waals surface area (Å²) in [5, 5.41) is 1.41. The zero-order valence-electron chi connectivity index (χ0n) is 10.3. The van der Waals surface area contributed by atoms with Gasteiger partial charge in [0.1, 0.15) is 11.6 Å². The summed E-state index contributed by atoms with van der Waals surface area (Å²) in [6, 6.07) is 11.1. The quantitative estimate of drug-likeness (QED) is 0.711. The monoisotopic (exact) mass is 288 g/mol. The molecule has 0 amide bonds.